The van der Waals surface area contributed by atoms with Gasteiger partial charge in [-0.05, 0) is 46.8 Å². The fourth-order valence-electron chi connectivity index (χ4n) is 1.62. The van der Waals surface area contributed by atoms with Crippen molar-refractivity contribution in [1.29, 1.82) is 0 Å². The molecule has 1 aromatic carbocycles. The molecule has 0 bridgehead atoms. The minimum absolute atomic E-state index is 0.105. The third kappa shape index (κ3) is 8.00. The fraction of sp³-hybridized carbons (Fsp3) is 0.500. The molecule has 9 nitrogen and oxygen atoms in total. The van der Waals surface area contributed by atoms with Crippen molar-refractivity contribution >= 4 is 17.9 Å². The molecule has 1 N–H and O–H groups in total. The first-order valence-electron chi connectivity index (χ1n) is 7.48. The summed E-state index contributed by atoms with van der Waals surface area (Å²) in [6.45, 7) is 8.34. The van der Waals surface area contributed by atoms with Crippen LogP contribution in [0.2, 0.25) is 0 Å². The molecule has 1 rings (SSSR count). The number of non-ortho nitro benzene ring substituents is 1. The number of amides is 1. The van der Waals surface area contributed by atoms with Crippen molar-refractivity contribution in [2.45, 2.75) is 45.8 Å². The van der Waals surface area contributed by atoms with E-state index in [-0.39, 0.29) is 18.0 Å². The Balaban J connectivity index is 2.48. The van der Waals surface area contributed by atoms with E-state index in [1.165, 1.54) is 24.3 Å². The van der Waals surface area contributed by atoms with E-state index in [1.54, 1.807) is 34.6 Å². The van der Waals surface area contributed by atoms with Crippen molar-refractivity contribution in [3.63, 3.8) is 0 Å². The van der Waals surface area contributed by atoms with Gasteiger partial charge in [0.05, 0.1) is 10.5 Å². The number of carbonyl (C=O) groups excluding carboxylic acids is 2. The van der Waals surface area contributed by atoms with E-state index < -0.39 is 28.3 Å². The van der Waals surface area contributed by atoms with Gasteiger partial charge in [-0.25, -0.2) is 9.59 Å². The predicted molar refractivity (Wildman–Crippen MR) is 88.5 cm³/mol. The van der Waals surface area contributed by atoms with Crippen LogP contribution in [0.5, 0.6) is 5.75 Å². The van der Waals surface area contributed by atoms with Gasteiger partial charge < -0.3 is 19.5 Å². The Morgan fingerprint density at radius 1 is 1.12 bits per heavy atom. The van der Waals surface area contributed by atoms with Gasteiger partial charge in [-0.1, -0.05) is 0 Å². The summed E-state index contributed by atoms with van der Waals surface area (Å²) in [5, 5.41) is 13.1. The van der Waals surface area contributed by atoms with Gasteiger partial charge in [0, 0.05) is 12.1 Å². The number of alkyl carbamates (subject to hydrolysis) is 1. The van der Waals surface area contributed by atoms with Gasteiger partial charge in [0.25, 0.3) is 5.69 Å². The Labute approximate surface area is 145 Å². The molecule has 1 amide bonds. The largest absolute Gasteiger partial charge is 0.513 e. The van der Waals surface area contributed by atoms with Gasteiger partial charge in [0.1, 0.15) is 18.0 Å². The first kappa shape index (κ1) is 20.2. The van der Waals surface area contributed by atoms with Crippen LogP contribution in [0.25, 0.3) is 0 Å². The Bertz CT molecular complexity index is 633. The van der Waals surface area contributed by atoms with E-state index in [0.29, 0.717) is 0 Å². The minimum atomic E-state index is -0.993. The lowest BCUT2D eigenvalue weighted by molar-refractivity contribution is -0.384. The third-order valence-corrected chi connectivity index (χ3v) is 2.64. The molecular formula is C16H22N2O7. The number of nitrogens with zero attached hydrogens (tertiary/aromatic N) is 1. The maximum Gasteiger partial charge on any atom is 0.513 e. The molecule has 1 aromatic rings. The summed E-state index contributed by atoms with van der Waals surface area (Å²) in [4.78, 5) is 33.4. The van der Waals surface area contributed by atoms with E-state index in [4.69, 9.17) is 14.2 Å². The van der Waals surface area contributed by atoms with Crippen molar-refractivity contribution in [3.05, 3.63) is 34.4 Å². The lowest BCUT2D eigenvalue weighted by atomic mass is 10.1. The van der Waals surface area contributed by atoms with Crippen molar-refractivity contribution in [2.24, 2.45) is 0 Å². The molecule has 0 aliphatic rings. The van der Waals surface area contributed by atoms with Gasteiger partial charge >= 0.3 is 12.2 Å². The smallest absolute Gasteiger partial charge is 0.444 e. The summed E-state index contributed by atoms with van der Waals surface area (Å²) in [6.07, 6.45) is -1.63. The van der Waals surface area contributed by atoms with Crippen LogP contribution in [0.3, 0.4) is 0 Å². The van der Waals surface area contributed by atoms with E-state index in [1.807, 2.05) is 0 Å². The molecule has 138 valence electrons. The molecular weight excluding hydrogens is 332 g/mol. The summed E-state index contributed by atoms with van der Waals surface area (Å²) in [5.74, 6) is 0.105. The van der Waals surface area contributed by atoms with Gasteiger partial charge in [0.2, 0.25) is 0 Å². The number of hydrogen-bond acceptors (Lipinski definition) is 7. The molecule has 0 aliphatic heterocycles. The number of carbonyl (C=O) groups is 2. The molecule has 0 aliphatic carbocycles. The number of rotatable bonds is 5. The summed E-state index contributed by atoms with van der Waals surface area (Å²) < 4.78 is 15.0. The van der Waals surface area contributed by atoms with Crippen LogP contribution in [0.4, 0.5) is 15.3 Å². The zero-order valence-electron chi connectivity index (χ0n) is 14.8. The minimum Gasteiger partial charge on any atom is -0.444 e. The summed E-state index contributed by atoms with van der Waals surface area (Å²) in [5.41, 5.74) is -1.64. The van der Waals surface area contributed by atoms with Crippen LogP contribution in [0.1, 0.15) is 34.6 Å². The monoisotopic (exact) mass is 354 g/mol. The number of benzene rings is 1. The van der Waals surface area contributed by atoms with Crippen molar-refractivity contribution in [3.8, 4) is 5.75 Å². The molecule has 0 spiro atoms. The fourth-order valence-corrected chi connectivity index (χ4v) is 1.62. The van der Waals surface area contributed by atoms with Gasteiger partial charge in [-0.2, -0.15) is 0 Å². The lowest BCUT2D eigenvalue weighted by Crippen LogP contribution is -2.49. The molecule has 0 heterocycles. The van der Waals surface area contributed by atoms with E-state index in [9.17, 15) is 19.7 Å². The zero-order valence-corrected chi connectivity index (χ0v) is 14.8. The second-order valence-electron chi connectivity index (χ2n) is 6.90. The molecule has 0 radical (unpaired) electrons. The highest BCUT2D eigenvalue weighted by atomic mass is 16.7. The molecule has 0 unspecified atom stereocenters. The number of hydrogen-bond donors (Lipinski definition) is 1. The van der Waals surface area contributed by atoms with Crippen LogP contribution in [0, 0.1) is 10.1 Å². The summed E-state index contributed by atoms with van der Waals surface area (Å²) in [7, 11) is 0. The Morgan fingerprint density at radius 2 is 1.68 bits per heavy atom. The maximum absolute atomic E-state index is 11.7. The van der Waals surface area contributed by atoms with Gasteiger partial charge in [-0.3, -0.25) is 10.1 Å². The third-order valence-electron chi connectivity index (χ3n) is 2.64. The van der Waals surface area contributed by atoms with Crippen LogP contribution in [-0.4, -0.2) is 34.9 Å². The molecule has 0 aromatic heterocycles. The average molecular weight is 354 g/mol. The van der Waals surface area contributed by atoms with Crippen LogP contribution in [-0.2, 0) is 9.47 Å². The van der Waals surface area contributed by atoms with Crippen LogP contribution < -0.4 is 10.1 Å². The second-order valence-corrected chi connectivity index (χ2v) is 6.90. The van der Waals surface area contributed by atoms with Gasteiger partial charge in [-0.15, -0.1) is 0 Å². The maximum atomic E-state index is 11.7. The Kier molecular flexibility index (Phi) is 6.32. The molecule has 0 fully saturated rings. The second kappa shape index (κ2) is 7.82. The predicted octanol–water partition coefficient (Wildman–Crippen LogP) is 3.41. The highest BCUT2D eigenvalue weighted by Crippen LogP contribution is 2.18. The normalized spacial score (nSPS) is 11.4. The lowest BCUT2D eigenvalue weighted by Gasteiger charge is -2.27. The summed E-state index contributed by atoms with van der Waals surface area (Å²) >= 11 is 0. The Hall–Kier alpha value is -2.84. The number of nitro benzene ring substituents is 1. The highest BCUT2D eigenvalue weighted by molar-refractivity contribution is 5.69. The number of ether oxygens (including phenoxy) is 3. The zero-order chi connectivity index (χ0) is 19.3. The van der Waals surface area contributed by atoms with Crippen molar-refractivity contribution in [2.75, 3.05) is 6.61 Å². The number of nitro groups is 1. The highest BCUT2D eigenvalue weighted by Gasteiger charge is 2.26. The van der Waals surface area contributed by atoms with Crippen molar-refractivity contribution < 1.29 is 28.7 Å². The van der Waals surface area contributed by atoms with Crippen molar-refractivity contribution in [1.82, 2.24) is 5.32 Å². The van der Waals surface area contributed by atoms with E-state index in [0.717, 1.165) is 0 Å². The average Bonchev–Trinajstić information content (AvgIpc) is 2.43. The molecule has 0 saturated heterocycles. The molecule has 25 heavy (non-hydrogen) atoms. The number of nitrogens with one attached hydrogen (secondary N) is 1. The topological polar surface area (TPSA) is 117 Å². The SMILES string of the molecule is CC(C)(COC(=O)Oc1ccc([N+](=O)[O-])cc1)NC(=O)OC(C)(C)C. The van der Waals surface area contributed by atoms with Crippen LogP contribution >= 0.6 is 0 Å². The molecule has 9 heteroatoms. The summed E-state index contributed by atoms with van der Waals surface area (Å²) in [6, 6.07) is 4.97. The molecule has 0 saturated carbocycles. The van der Waals surface area contributed by atoms with E-state index in [2.05, 4.69) is 5.32 Å². The van der Waals surface area contributed by atoms with Crippen LogP contribution in [0.15, 0.2) is 24.3 Å². The van der Waals surface area contributed by atoms with E-state index >= 15 is 0 Å². The van der Waals surface area contributed by atoms with Gasteiger partial charge in [0.15, 0.2) is 0 Å². The first-order chi connectivity index (χ1) is 11.4. The standard InChI is InChI=1S/C16H22N2O7/c1-15(2,3)25-13(19)17-16(4,5)10-23-14(20)24-12-8-6-11(7-9-12)18(21)22/h6-9H,10H2,1-5H3,(H,17,19). The quantitative estimate of drug-likeness (QED) is 0.372. The molecule has 0 atom stereocenters. The first-order valence-corrected chi connectivity index (χ1v) is 7.48. The Morgan fingerprint density at radius 3 is 2.16 bits per heavy atom.